The summed E-state index contributed by atoms with van der Waals surface area (Å²) < 4.78 is 6.73. The fourth-order valence-electron chi connectivity index (χ4n) is 2.14. The van der Waals surface area contributed by atoms with Crippen LogP contribution in [0.1, 0.15) is 13.8 Å². The van der Waals surface area contributed by atoms with Crippen molar-refractivity contribution in [2.24, 2.45) is 5.41 Å². The Labute approximate surface area is 125 Å². The maximum Gasteiger partial charge on any atom is 0.120 e. The maximum absolute atomic E-state index is 5.68. The summed E-state index contributed by atoms with van der Waals surface area (Å²) in [4.78, 5) is 2.22. The van der Waals surface area contributed by atoms with Gasteiger partial charge >= 0.3 is 0 Å². The van der Waals surface area contributed by atoms with Crippen molar-refractivity contribution in [1.29, 1.82) is 0 Å². The molecule has 1 aromatic rings. The Balaban J connectivity index is 2.18. The Hall–Kier alpha value is -0.580. The van der Waals surface area contributed by atoms with Crippen LogP contribution >= 0.6 is 15.9 Å². The molecule has 19 heavy (non-hydrogen) atoms. The van der Waals surface area contributed by atoms with Crippen LogP contribution in [0.5, 0.6) is 5.75 Å². The molecule has 1 aromatic carbocycles. The normalized spacial score (nSPS) is 11.9. The first-order valence-corrected chi connectivity index (χ1v) is 7.42. The van der Waals surface area contributed by atoms with Gasteiger partial charge in [-0.1, -0.05) is 35.8 Å². The van der Waals surface area contributed by atoms with Crippen molar-refractivity contribution in [2.75, 3.05) is 40.3 Å². The van der Waals surface area contributed by atoms with Crippen LogP contribution in [0.3, 0.4) is 0 Å². The predicted octanol–water partition coefficient (Wildman–Crippen LogP) is 3.01. The zero-order chi connectivity index (χ0) is 14.3. The lowest BCUT2D eigenvalue weighted by atomic mass is 9.93. The minimum Gasteiger partial charge on any atom is -0.492 e. The van der Waals surface area contributed by atoms with Crippen LogP contribution in [0, 0.1) is 5.41 Å². The molecule has 0 spiro atoms. The van der Waals surface area contributed by atoms with Gasteiger partial charge in [0.25, 0.3) is 0 Å². The molecule has 0 heterocycles. The topological polar surface area (TPSA) is 24.5 Å². The van der Waals surface area contributed by atoms with Crippen LogP contribution in [-0.4, -0.2) is 45.2 Å². The molecule has 0 atom stereocenters. The number of benzene rings is 1. The van der Waals surface area contributed by atoms with Gasteiger partial charge in [0.15, 0.2) is 0 Å². The number of ether oxygens (including phenoxy) is 1. The van der Waals surface area contributed by atoms with Gasteiger partial charge in [0.1, 0.15) is 12.4 Å². The van der Waals surface area contributed by atoms with Crippen molar-refractivity contribution in [3.05, 3.63) is 28.7 Å². The molecule has 0 aliphatic rings. The largest absolute Gasteiger partial charge is 0.492 e. The molecular weight excluding hydrogens is 304 g/mol. The van der Waals surface area contributed by atoms with Crippen molar-refractivity contribution >= 4 is 15.9 Å². The molecular formula is C15H25BrN2O. The highest BCUT2D eigenvalue weighted by Crippen LogP contribution is 2.17. The van der Waals surface area contributed by atoms with Crippen molar-refractivity contribution in [3.8, 4) is 5.75 Å². The number of hydrogen-bond acceptors (Lipinski definition) is 3. The van der Waals surface area contributed by atoms with E-state index in [0.29, 0.717) is 6.61 Å². The highest BCUT2D eigenvalue weighted by atomic mass is 79.9. The van der Waals surface area contributed by atoms with Gasteiger partial charge in [-0.3, -0.25) is 0 Å². The van der Waals surface area contributed by atoms with E-state index >= 15 is 0 Å². The highest BCUT2D eigenvalue weighted by Gasteiger charge is 2.17. The molecule has 4 heteroatoms. The summed E-state index contributed by atoms with van der Waals surface area (Å²) in [7, 11) is 4.22. The molecule has 0 aliphatic carbocycles. The monoisotopic (exact) mass is 328 g/mol. The third kappa shape index (κ3) is 7.55. The van der Waals surface area contributed by atoms with Gasteiger partial charge < -0.3 is 15.0 Å². The summed E-state index contributed by atoms with van der Waals surface area (Å²) in [5.74, 6) is 0.906. The molecule has 3 nitrogen and oxygen atoms in total. The quantitative estimate of drug-likeness (QED) is 0.742. The molecule has 1 N–H and O–H groups in total. The van der Waals surface area contributed by atoms with E-state index < -0.39 is 0 Å². The predicted molar refractivity (Wildman–Crippen MR) is 84.8 cm³/mol. The van der Waals surface area contributed by atoms with Gasteiger partial charge in [0, 0.05) is 24.1 Å². The lowest BCUT2D eigenvalue weighted by Gasteiger charge is -2.28. The average Bonchev–Trinajstić information content (AvgIpc) is 2.26. The summed E-state index contributed by atoms with van der Waals surface area (Å²) >= 11 is 3.43. The van der Waals surface area contributed by atoms with Gasteiger partial charge in [-0.25, -0.2) is 0 Å². The number of nitrogens with zero attached hydrogens (tertiary/aromatic N) is 1. The summed E-state index contributed by atoms with van der Waals surface area (Å²) in [5, 5.41) is 3.45. The van der Waals surface area contributed by atoms with Crippen LogP contribution in [0.2, 0.25) is 0 Å². The van der Waals surface area contributed by atoms with Gasteiger partial charge in [-0.05, 0) is 37.7 Å². The Bertz CT molecular complexity index is 380. The van der Waals surface area contributed by atoms with Crippen LogP contribution in [0.4, 0.5) is 0 Å². The van der Waals surface area contributed by atoms with Crippen LogP contribution in [0.15, 0.2) is 28.7 Å². The van der Waals surface area contributed by atoms with E-state index in [1.165, 1.54) is 0 Å². The summed E-state index contributed by atoms with van der Waals surface area (Å²) in [6, 6.07) is 7.93. The first kappa shape index (κ1) is 16.5. The standard InChI is InChI=1S/C15H25BrN2O/c1-15(2,12-18(3)4)11-17-8-9-19-14-7-5-6-13(16)10-14/h5-7,10,17H,8-9,11-12H2,1-4H3. The maximum atomic E-state index is 5.68. The van der Waals surface area contributed by atoms with E-state index in [2.05, 4.69) is 54.1 Å². The third-order valence-corrected chi connectivity index (χ3v) is 3.18. The minimum atomic E-state index is 0.277. The molecule has 0 unspecified atom stereocenters. The molecule has 108 valence electrons. The summed E-state index contributed by atoms with van der Waals surface area (Å²) in [6.45, 7) is 8.17. The Morgan fingerprint density at radius 1 is 1.32 bits per heavy atom. The van der Waals surface area contributed by atoms with E-state index in [1.54, 1.807) is 0 Å². The van der Waals surface area contributed by atoms with Gasteiger partial charge in [-0.2, -0.15) is 0 Å². The molecule has 1 rings (SSSR count). The fraction of sp³-hybridized carbons (Fsp3) is 0.600. The molecule has 0 saturated carbocycles. The van der Waals surface area contributed by atoms with E-state index in [4.69, 9.17) is 4.74 Å². The fourth-order valence-corrected chi connectivity index (χ4v) is 2.51. The molecule has 0 radical (unpaired) electrons. The summed E-state index contributed by atoms with van der Waals surface area (Å²) in [6.07, 6.45) is 0. The molecule has 0 amide bonds. The molecule has 0 fully saturated rings. The molecule has 0 saturated heterocycles. The molecule has 0 aliphatic heterocycles. The zero-order valence-electron chi connectivity index (χ0n) is 12.4. The van der Waals surface area contributed by atoms with E-state index in [9.17, 15) is 0 Å². The van der Waals surface area contributed by atoms with Crippen LogP contribution < -0.4 is 10.1 Å². The van der Waals surface area contributed by atoms with Gasteiger partial charge in [-0.15, -0.1) is 0 Å². The van der Waals surface area contributed by atoms with E-state index in [-0.39, 0.29) is 5.41 Å². The highest BCUT2D eigenvalue weighted by molar-refractivity contribution is 9.10. The van der Waals surface area contributed by atoms with Crippen LogP contribution in [-0.2, 0) is 0 Å². The Morgan fingerprint density at radius 2 is 2.05 bits per heavy atom. The second-order valence-corrected chi connectivity index (χ2v) is 6.80. The zero-order valence-corrected chi connectivity index (χ0v) is 14.0. The first-order valence-electron chi connectivity index (χ1n) is 6.63. The molecule has 0 aromatic heterocycles. The summed E-state index contributed by atoms with van der Waals surface area (Å²) in [5.41, 5.74) is 0.277. The first-order chi connectivity index (χ1) is 8.89. The molecule has 0 bridgehead atoms. The van der Waals surface area contributed by atoms with Crippen LogP contribution in [0.25, 0.3) is 0 Å². The number of hydrogen-bond donors (Lipinski definition) is 1. The smallest absolute Gasteiger partial charge is 0.120 e. The van der Waals surface area contributed by atoms with Crippen molar-refractivity contribution in [2.45, 2.75) is 13.8 Å². The SMILES string of the molecule is CN(C)CC(C)(C)CNCCOc1cccc(Br)c1. The van der Waals surface area contributed by atoms with Crippen molar-refractivity contribution < 1.29 is 4.74 Å². The number of rotatable bonds is 8. The Morgan fingerprint density at radius 3 is 2.68 bits per heavy atom. The second kappa shape index (κ2) is 7.88. The van der Waals surface area contributed by atoms with Gasteiger partial charge in [0.05, 0.1) is 0 Å². The van der Waals surface area contributed by atoms with E-state index in [0.717, 1.165) is 29.9 Å². The third-order valence-electron chi connectivity index (χ3n) is 2.69. The number of halogens is 1. The van der Waals surface area contributed by atoms with E-state index in [1.807, 2.05) is 24.3 Å². The Kier molecular flexibility index (Phi) is 6.83. The second-order valence-electron chi connectivity index (χ2n) is 5.88. The number of nitrogens with one attached hydrogen (secondary N) is 1. The average molecular weight is 329 g/mol. The minimum absolute atomic E-state index is 0.277. The van der Waals surface area contributed by atoms with Gasteiger partial charge in [0.2, 0.25) is 0 Å². The lowest BCUT2D eigenvalue weighted by Crippen LogP contribution is -2.38. The lowest BCUT2D eigenvalue weighted by molar-refractivity contribution is 0.225. The van der Waals surface area contributed by atoms with Crippen molar-refractivity contribution in [3.63, 3.8) is 0 Å². The van der Waals surface area contributed by atoms with Crippen molar-refractivity contribution in [1.82, 2.24) is 10.2 Å².